The van der Waals surface area contributed by atoms with E-state index < -0.39 is 0 Å². The Balaban J connectivity index is 2.33. The van der Waals surface area contributed by atoms with E-state index in [1.54, 1.807) is 27.4 Å². The van der Waals surface area contributed by atoms with E-state index in [4.69, 9.17) is 9.15 Å². The maximum absolute atomic E-state index is 11.7. The van der Waals surface area contributed by atoms with Gasteiger partial charge in [0.25, 0.3) is 0 Å². The number of hydrogen-bond donors (Lipinski definition) is 0. The van der Waals surface area contributed by atoms with Crippen LogP contribution in [0.25, 0.3) is 11.5 Å². The molecule has 0 spiro atoms. The molecule has 0 atom stereocenters. The van der Waals surface area contributed by atoms with E-state index in [9.17, 15) is 4.79 Å². The van der Waals surface area contributed by atoms with Crippen LogP contribution in [0.4, 0.5) is 0 Å². The number of ether oxygens (including phenoxy) is 1. The zero-order valence-corrected chi connectivity index (χ0v) is 13.7. The Labute approximate surface area is 130 Å². The van der Waals surface area contributed by atoms with Crippen LogP contribution in [-0.4, -0.2) is 37.0 Å². The van der Waals surface area contributed by atoms with Crippen LogP contribution in [0.2, 0.25) is 0 Å². The minimum Gasteiger partial charge on any atom is -0.496 e. The summed E-state index contributed by atoms with van der Waals surface area (Å²) in [5, 5.41) is 0. The number of amides is 1. The lowest BCUT2D eigenvalue weighted by molar-refractivity contribution is -0.128. The van der Waals surface area contributed by atoms with Gasteiger partial charge in [-0.25, -0.2) is 4.98 Å². The summed E-state index contributed by atoms with van der Waals surface area (Å²) in [6.07, 6.45) is 1.80. The molecule has 22 heavy (non-hydrogen) atoms. The SMILES string of the molecule is COc1ccc(C(C)C)cc1-c1ncc(CC(=O)N(C)C)o1. The first-order valence-electron chi connectivity index (χ1n) is 7.25. The first kappa shape index (κ1) is 16.1. The van der Waals surface area contributed by atoms with Crippen molar-refractivity contribution >= 4 is 5.91 Å². The number of rotatable bonds is 5. The molecule has 1 aromatic heterocycles. The highest BCUT2D eigenvalue weighted by Gasteiger charge is 2.16. The summed E-state index contributed by atoms with van der Waals surface area (Å²) in [6, 6.07) is 5.97. The average Bonchev–Trinajstić information content (AvgIpc) is 2.94. The average molecular weight is 302 g/mol. The second kappa shape index (κ2) is 6.64. The van der Waals surface area contributed by atoms with Crippen LogP contribution < -0.4 is 4.74 Å². The van der Waals surface area contributed by atoms with Gasteiger partial charge in [-0.2, -0.15) is 0 Å². The normalized spacial score (nSPS) is 10.8. The molecule has 0 fully saturated rings. The van der Waals surface area contributed by atoms with Crippen molar-refractivity contribution in [1.29, 1.82) is 0 Å². The molecule has 1 amide bonds. The predicted molar refractivity (Wildman–Crippen MR) is 85.0 cm³/mol. The Morgan fingerprint density at radius 2 is 2.09 bits per heavy atom. The van der Waals surface area contributed by atoms with Crippen LogP contribution in [-0.2, 0) is 11.2 Å². The van der Waals surface area contributed by atoms with Crippen LogP contribution in [0.1, 0.15) is 31.1 Å². The van der Waals surface area contributed by atoms with Gasteiger partial charge in [0, 0.05) is 14.1 Å². The molecule has 0 aliphatic heterocycles. The highest BCUT2D eigenvalue weighted by atomic mass is 16.5. The molecular formula is C17H22N2O3. The first-order valence-corrected chi connectivity index (χ1v) is 7.25. The molecule has 0 N–H and O–H groups in total. The lowest BCUT2D eigenvalue weighted by Crippen LogP contribution is -2.23. The molecule has 2 aromatic rings. The van der Waals surface area contributed by atoms with Gasteiger partial charge >= 0.3 is 0 Å². The van der Waals surface area contributed by atoms with Crippen LogP contribution in [0.5, 0.6) is 5.75 Å². The van der Waals surface area contributed by atoms with Gasteiger partial charge in [-0.15, -0.1) is 0 Å². The number of nitrogens with zero attached hydrogens (tertiary/aromatic N) is 2. The molecule has 2 rings (SSSR count). The third kappa shape index (κ3) is 3.47. The van der Waals surface area contributed by atoms with Gasteiger partial charge in [0.15, 0.2) is 0 Å². The molecule has 0 aliphatic carbocycles. The highest BCUT2D eigenvalue weighted by molar-refractivity contribution is 5.77. The fraction of sp³-hybridized carbons (Fsp3) is 0.412. The summed E-state index contributed by atoms with van der Waals surface area (Å²) in [5.41, 5.74) is 1.98. The third-order valence-electron chi connectivity index (χ3n) is 3.50. The predicted octanol–water partition coefficient (Wildman–Crippen LogP) is 3.10. The van der Waals surface area contributed by atoms with Crippen molar-refractivity contribution in [3.63, 3.8) is 0 Å². The molecule has 0 radical (unpaired) electrons. The van der Waals surface area contributed by atoms with Gasteiger partial charge < -0.3 is 14.1 Å². The van der Waals surface area contributed by atoms with Crippen molar-refractivity contribution in [3.05, 3.63) is 35.7 Å². The lowest BCUT2D eigenvalue weighted by atomic mass is 10.0. The topological polar surface area (TPSA) is 55.6 Å². The molecule has 118 valence electrons. The van der Waals surface area contributed by atoms with Crippen molar-refractivity contribution in [1.82, 2.24) is 9.88 Å². The molecule has 0 aliphatic rings. The second-order valence-electron chi connectivity index (χ2n) is 5.71. The summed E-state index contributed by atoms with van der Waals surface area (Å²) in [6.45, 7) is 4.25. The monoisotopic (exact) mass is 302 g/mol. The molecule has 1 aromatic carbocycles. The van der Waals surface area contributed by atoms with Gasteiger partial charge in [-0.05, 0) is 23.6 Å². The number of likely N-dealkylation sites (N-methyl/N-ethyl adjacent to an activating group) is 1. The van der Waals surface area contributed by atoms with Crippen molar-refractivity contribution in [2.24, 2.45) is 0 Å². The summed E-state index contributed by atoms with van der Waals surface area (Å²) >= 11 is 0. The smallest absolute Gasteiger partial charge is 0.230 e. The van der Waals surface area contributed by atoms with E-state index in [1.165, 1.54) is 10.5 Å². The zero-order valence-electron chi connectivity index (χ0n) is 13.7. The molecule has 5 nitrogen and oxygen atoms in total. The molecule has 1 heterocycles. The fourth-order valence-electron chi connectivity index (χ4n) is 2.07. The van der Waals surface area contributed by atoms with Crippen LogP contribution in [0.3, 0.4) is 0 Å². The first-order chi connectivity index (χ1) is 10.4. The van der Waals surface area contributed by atoms with Gasteiger partial charge in [0.2, 0.25) is 11.8 Å². The van der Waals surface area contributed by atoms with E-state index in [1.807, 2.05) is 18.2 Å². The van der Waals surface area contributed by atoms with Crippen molar-refractivity contribution < 1.29 is 13.9 Å². The van der Waals surface area contributed by atoms with E-state index in [0.29, 0.717) is 23.3 Å². The number of carbonyl (C=O) groups is 1. The van der Waals surface area contributed by atoms with Crippen molar-refractivity contribution in [2.75, 3.05) is 21.2 Å². The summed E-state index contributed by atoms with van der Waals surface area (Å²) in [5.74, 6) is 2.10. The number of benzene rings is 1. The molecule has 0 saturated heterocycles. The summed E-state index contributed by atoms with van der Waals surface area (Å²) in [4.78, 5) is 17.6. The molecule has 0 saturated carbocycles. The lowest BCUT2D eigenvalue weighted by Gasteiger charge is -2.10. The zero-order chi connectivity index (χ0) is 16.3. The van der Waals surface area contributed by atoms with Crippen molar-refractivity contribution in [2.45, 2.75) is 26.2 Å². The number of oxazole rings is 1. The Morgan fingerprint density at radius 1 is 1.36 bits per heavy atom. The maximum atomic E-state index is 11.7. The van der Waals surface area contributed by atoms with E-state index >= 15 is 0 Å². The van der Waals surface area contributed by atoms with Crippen LogP contribution in [0, 0.1) is 0 Å². The third-order valence-corrected chi connectivity index (χ3v) is 3.50. The van der Waals surface area contributed by atoms with Crippen molar-refractivity contribution in [3.8, 4) is 17.2 Å². The van der Waals surface area contributed by atoms with Gasteiger partial charge in [-0.3, -0.25) is 4.79 Å². The standard InChI is InChI=1S/C17H22N2O3/c1-11(2)12-6-7-15(21-5)14(8-12)17-18-10-13(22-17)9-16(20)19(3)4/h6-8,10-11H,9H2,1-5H3. The number of hydrogen-bond acceptors (Lipinski definition) is 4. The fourth-order valence-corrected chi connectivity index (χ4v) is 2.07. The Morgan fingerprint density at radius 3 is 2.68 bits per heavy atom. The molecule has 0 bridgehead atoms. The van der Waals surface area contributed by atoms with E-state index in [2.05, 4.69) is 18.8 Å². The number of methoxy groups -OCH3 is 1. The Bertz CT molecular complexity index is 660. The second-order valence-corrected chi connectivity index (χ2v) is 5.71. The maximum Gasteiger partial charge on any atom is 0.230 e. The minimum absolute atomic E-state index is 0.0226. The van der Waals surface area contributed by atoms with Crippen LogP contribution >= 0.6 is 0 Å². The summed E-state index contributed by atoms with van der Waals surface area (Å²) in [7, 11) is 5.05. The van der Waals surface area contributed by atoms with E-state index in [-0.39, 0.29) is 12.3 Å². The number of carbonyl (C=O) groups excluding carboxylic acids is 1. The van der Waals surface area contributed by atoms with Gasteiger partial charge in [0.05, 0.1) is 25.3 Å². The Kier molecular flexibility index (Phi) is 4.85. The Hall–Kier alpha value is -2.30. The van der Waals surface area contributed by atoms with Gasteiger partial charge in [-0.1, -0.05) is 19.9 Å². The largest absolute Gasteiger partial charge is 0.496 e. The quantitative estimate of drug-likeness (QED) is 0.851. The van der Waals surface area contributed by atoms with E-state index in [0.717, 1.165) is 5.56 Å². The number of aromatic nitrogens is 1. The molecule has 0 unspecified atom stereocenters. The molecule has 5 heteroatoms. The summed E-state index contributed by atoms with van der Waals surface area (Å²) < 4.78 is 11.1. The minimum atomic E-state index is -0.0226. The highest BCUT2D eigenvalue weighted by Crippen LogP contribution is 2.32. The van der Waals surface area contributed by atoms with Crippen LogP contribution in [0.15, 0.2) is 28.8 Å². The molecular weight excluding hydrogens is 280 g/mol. The van der Waals surface area contributed by atoms with Gasteiger partial charge in [0.1, 0.15) is 11.5 Å².